The van der Waals surface area contributed by atoms with Gasteiger partial charge >= 0.3 is 0 Å². The highest BCUT2D eigenvalue weighted by molar-refractivity contribution is 7.89. The van der Waals surface area contributed by atoms with Gasteiger partial charge in [0.2, 0.25) is 10.0 Å². The third kappa shape index (κ3) is 6.76. The molecule has 142 valence electrons. The molecule has 2 aromatic rings. The monoisotopic (exact) mass is 397 g/mol. The Balaban J connectivity index is 0.00000338. The standard InChI is InChI=1S/C18H23N3O3S.ClH/c19-11-4-5-12-20-18(22)16-9-6-10-17(13-16)25(23,24)21-14-15-7-2-1-3-8-15;/h1-3,6-10,13,21H,4-5,11-12,14,19H2,(H,20,22);1H. The second-order valence-electron chi connectivity index (χ2n) is 5.59. The van der Waals surface area contributed by atoms with Gasteiger partial charge in [0.15, 0.2) is 0 Å². The number of nitrogens with one attached hydrogen (secondary N) is 2. The van der Waals surface area contributed by atoms with Crippen LogP contribution in [0.15, 0.2) is 59.5 Å². The fraction of sp³-hybridized carbons (Fsp3) is 0.278. The van der Waals surface area contributed by atoms with Gasteiger partial charge in [-0.3, -0.25) is 4.79 Å². The third-order valence-electron chi connectivity index (χ3n) is 3.63. The second kappa shape index (κ2) is 10.9. The first-order valence-electron chi connectivity index (χ1n) is 8.15. The molecule has 8 heteroatoms. The summed E-state index contributed by atoms with van der Waals surface area (Å²) < 4.78 is 27.4. The Morgan fingerprint density at radius 3 is 2.42 bits per heavy atom. The lowest BCUT2D eigenvalue weighted by Gasteiger charge is -2.09. The molecule has 0 bridgehead atoms. The molecule has 0 aromatic heterocycles. The Bertz CT molecular complexity index is 798. The second-order valence-corrected chi connectivity index (χ2v) is 7.36. The van der Waals surface area contributed by atoms with Crippen LogP contribution in [0.25, 0.3) is 0 Å². The molecule has 2 aromatic carbocycles. The summed E-state index contributed by atoms with van der Waals surface area (Å²) in [7, 11) is -3.69. The number of benzene rings is 2. The smallest absolute Gasteiger partial charge is 0.251 e. The maximum atomic E-state index is 12.4. The zero-order valence-electron chi connectivity index (χ0n) is 14.4. The van der Waals surface area contributed by atoms with Gasteiger partial charge in [-0.1, -0.05) is 36.4 Å². The van der Waals surface area contributed by atoms with Gasteiger partial charge in [-0.15, -0.1) is 12.4 Å². The average Bonchev–Trinajstić information content (AvgIpc) is 2.64. The predicted molar refractivity (Wildman–Crippen MR) is 105 cm³/mol. The quantitative estimate of drug-likeness (QED) is 0.563. The minimum atomic E-state index is -3.69. The van der Waals surface area contributed by atoms with Gasteiger partial charge in [0.1, 0.15) is 0 Å². The van der Waals surface area contributed by atoms with Crippen molar-refractivity contribution in [3.63, 3.8) is 0 Å². The number of hydrogen-bond donors (Lipinski definition) is 3. The number of sulfonamides is 1. The molecule has 0 spiro atoms. The number of halogens is 1. The third-order valence-corrected chi connectivity index (χ3v) is 5.03. The largest absolute Gasteiger partial charge is 0.352 e. The average molecular weight is 398 g/mol. The zero-order valence-corrected chi connectivity index (χ0v) is 16.0. The van der Waals surface area contributed by atoms with Crippen molar-refractivity contribution in [1.29, 1.82) is 0 Å². The minimum Gasteiger partial charge on any atom is -0.352 e. The normalized spacial score (nSPS) is 10.8. The molecule has 0 saturated heterocycles. The highest BCUT2D eigenvalue weighted by Crippen LogP contribution is 2.12. The van der Waals surface area contributed by atoms with Gasteiger partial charge in [0.05, 0.1) is 4.90 Å². The molecular weight excluding hydrogens is 374 g/mol. The summed E-state index contributed by atoms with van der Waals surface area (Å²) in [5.74, 6) is -0.294. The van der Waals surface area contributed by atoms with Crippen molar-refractivity contribution >= 4 is 28.3 Å². The number of amides is 1. The topological polar surface area (TPSA) is 101 Å². The van der Waals surface area contributed by atoms with Crippen molar-refractivity contribution in [1.82, 2.24) is 10.0 Å². The lowest BCUT2D eigenvalue weighted by atomic mass is 10.2. The summed E-state index contributed by atoms with van der Waals surface area (Å²) in [6.45, 7) is 1.29. The maximum Gasteiger partial charge on any atom is 0.251 e. The van der Waals surface area contributed by atoms with Gasteiger partial charge in [0.25, 0.3) is 5.91 Å². The van der Waals surface area contributed by atoms with Crippen molar-refractivity contribution in [2.45, 2.75) is 24.3 Å². The van der Waals surface area contributed by atoms with Crippen LogP contribution in [-0.2, 0) is 16.6 Å². The molecule has 0 unspecified atom stereocenters. The molecule has 2 rings (SSSR count). The molecule has 4 N–H and O–H groups in total. The number of rotatable bonds is 9. The lowest BCUT2D eigenvalue weighted by Crippen LogP contribution is -2.26. The molecule has 0 atom stereocenters. The molecule has 0 aliphatic rings. The zero-order chi connectivity index (χ0) is 18.1. The number of nitrogens with two attached hydrogens (primary N) is 1. The maximum absolute atomic E-state index is 12.4. The van der Waals surface area contributed by atoms with E-state index in [0.29, 0.717) is 18.7 Å². The first-order chi connectivity index (χ1) is 12.0. The summed E-state index contributed by atoms with van der Waals surface area (Å²) in [6.07, 6.45) is 1.62. The molecule has 0 aliphatic carbocycles. The van der Waals surface area contributed by atoms with Crippen molar-refractivity contribution in [3.05, 3.63) is 65.7 Å². The first kappa shape index (κ1) is 22.1. The summed E-state index contributed by atoms with van der Waals surface area (Å²) in [6, 6.07) is 15.2. The van der Waals surface area contributed by atoms with E-state index in [2.05, 4.69) is 10.0 Å². The molecular formula is C18H24ClN3O3S. The molecule has 0 fully saturated rings. The lowest BCUT2D eigenvalue weighted by molar-refractivity contribution is 0.0953. The van der Waals surface area contributed by atoms with E-state index in [1.54, 1.807) is 12.1 Å². The van der Waals surface area contributed by atoms with Gasteiger partial charge in [-0.25, -0.2) is 13.1 Å². The fourth-order valence-corrected chi connectivity index (χ4v) is 3.30. The van der Waals surface area contributed by atoms with Crippen LogP contribution in [0.2, 0.25) is 0 Å². The van der Waals surface area contributed by atoms with Crippen molar-refractivity contribution in [2.75, 3.05) is 13.1 Å². The van der Waals surface area contributed by atoms with Gasteiger partial charge in [-0.2, -0.15) is 0 Å². The first-order valence-corrected chi connectivity index (χ1v) is 9.63. The Morgan fingerprint density at radius 1 is 1.00 bits per heavy atom. The summed E-state index contributed by atoms with van der Waals surface area (Å²) in [4.78, 5) is 12.2. The van der Waals surface area contributed by atoms with Crippen LogP contribution < -0.4 is 15.8 Å². The summed E-state index contributed by atoms with van der Waals surface area (Å²) in [5, 5.41) is 2.76. The molecule has 0 aliphatic heterocycles. The van der Waals surface area contributed by atoms with Gasteiger partial charge in [0, 0.05) is 18.7 Å². The molecule has 0 heterocycles. The molecule has 0 saturated carbocycles. The van der Waals surface area contributed by atoms with Crippen LogP contribution in [0.3, 0.4) is 0 Å². The number of unbranched alkanes of at least 4 members (excludes halogenated alkanes) is 1. The number of carbonyl (C=O) groups is 1. The van der Waals surface area contributed by atoms with E-state index in [9.17, 15) is 13.2 Å². The molecule has 1 amide bonds. The Morgan fingerprint density at radius 2 is 1.73 bits per heavy atom. The van der Waals surface area contributed by atoms with E-state index in [1.807, 2.05) is 30.3 Å². The SMILES string of the molecule is Cl.NCCCCNC(=O)c1cccc(S(=O)(=O)NCc2ccccc2)c1. The fourth-order valence-electron chi connectivity index (χ4n) is 2.24. The highest BCUT2D eigenvalue weighted by atomic mass is 35.5. The Labute approximate surface area is 160 Å². The van der Waals surface area contributed by atoms with Crippen molar-refractivity contribution < 1.29 is 13.2 Å². The minimum absolute atomic E-state index is 0. The summed E-state index contributed by atoms with van der Waals surface area (Å²) >= 11 is 0. The van der Waals surface area contributed by atoms with E-state index in [-0.39, 0.29) is 29.8 Å². The van der Waals surface area contributed by atoms with Crippen LogP contribution in [0, 0.1) is 0 Å². The predicted octanol–water partition coefficient (Wildman–Crippen LogP) is 2.06. The van der Waals surface area contributed by atoms with E-state index in [0.717, 1.165) is 18.4 Å². The highest BCUT2D eigenvalue weighted by Gasteiger charge is 2.16. The van der Waals surface area contributed by atoms with Crippen LogP contribution in [0.4, 0.5) is 0 Å². The van der Waals surface area contributed by atoms with E-state index in [4.69, 9.17) is 5.73 Å². The van der Waals surface area contributed by atoms with Crippen LogP contribution in [0.1, 0.15) is 28.8 Å². The van der Waals surface area contributed by atoms with Crippen molar-refractivity contribution in [3.8, 4) is 0 Å². The van der Waals surface area contributed by atoms with Gasteiger partial charge in [-0.05, 0) is 43.1 Å². The van der Waals surface area contributed by atoms with Crippen LogP contribution in [0.5, 0.6) is 0 Å². The van der Waals surface area contributed by atoms with Crippen molar-refractivity contribution in [2.24, 2.45) is 5.73 Å². The molecule has 0 radical (unpaired) electrons. The molecule has 26 heavy (non-hydrogen) atoms. The van der Waals surface area contributed by atoms with E-state index >= 15 is 0 Å². The van der Waals surface area contributed by atoms with Crippen LogP contribution in [-0.4, -0.2) is 27.4 Å². The summed E-state index contributed by atoms with van der Waals surface area (Å²) in [5.41, 5.74) is 6.58. The molecule has 6 nitrogen and oxygen atoms in total. The Kier molecular flexibility index (Phi) is 9.29. The van der Waals surface area contributed by atoms with Gasteiger partial charge < -0.3 is 11.1 Å². The number of carbonyl (C=O) groups excluding carboxylic acids is 1. The van der Waals surface area contributed by atoms with E-state index < -0.39 is 10.0 Å². The van der Waals surface area contributed by atoms with E-state index in [1.165, 1.54) is 12.1 Å². The van der Waals surface area contributed by atoms with Crippen LogP contribution >= 0.6 is 12.4 Å². The Hall–Kier alpha value is -1.93. The number of hydrogen-bond acceptors (Lipinski definition) is 4.